The third-order valence-corrected chi connectivity index (χ3v) is 3.80. The molecule has 0 aromatic heterocycles. The standard InChI is InChI=1S/C19H17BrN2O3/c1-2-24-18-10-14(9-15(11-21)19(22)23)5-8-17(18)25-12-13-3-6-16(20)7-4-13/h3-10H,2,12H2,1H3,(H2,22,23)/b15-9+. The molecule has 128 valence electrons. The second-order valence-corrected chi connectivity index (χ2v) is 6.00. The van der Waals surface area contributed by atoms with Crippen molar-refractivity contribution < 1.29 is 14.3 Å². The minimum atomic E-state index is -0.768. The van der Waals surface area contributed by atoms with Crippen LogP contribution in [0.5, 0.6) is 11.5 Å². The molecule has 0 bridgehead atoms. The number of amides is 1. The van der Waals surface area contributed by atoms with Gasteiger partial charge < -0.3 is 15.2 Å². The van der Waals surface area contributed by atoms with Gasteiger partial charge in [-0.2, -0.15) is 5.26 Å². The van der Waals surface area contributed by atoms with Crippen molar-refractivity contribution in [1.29, 1.82) is 5.26 Å². The average molecular weight is 401 g/mol. The van der Waals surface area contributed by atoms with Gasteiger partial charge in [-0.15, -0.1) is 0 Å². The number of halogens is 1. The first-order valence-electron chi connectivity index (χ1n) is 7.59. The Kier molecular flexibility index (Phi) is 6.61. The molecule has 2 aromatic rings. The Balaban J connectivity index is 2.22. The number of benzene rings is 2. The Labute approximate surface area is 154 Å². The van der Waals surface area contributed by atoms with Gasteiger partial charge in [0.1, 0.15) is 18.2 Å². The number of ether oxygens (including phenoxy) is 2. The maximum Gasteiger partial charge on any atom is 0.259 e. The van der Waals surface area contributed by atoms with E-state index in [1.165, 1.54) is 6.08 Å². The number of rotatable bonds is 7. The van der Waals surface area contributed by atoms with Crippen LogP contribution in [0.2, 0.25) is 0 Å². The highest BCUT2D eigenvalue weighted by atomic mass is 79.9. The Morgan fingerprint density at radius 2 is 1.92 bits per heavy atom. The number of nitrogens with zero attached hydrogens (tertiary/aromatic N) is 1. The van der Waals surface area contributed by atoms with Crippen molar-refractivity contribution in [3.05, 3.63) is 63.6 Å². The maximum atomic E-state index is 11.2. The van der Waals surface area contributed by atoms with Crippen LogP contribution in [0.25, 0.3) is 6.08 Å². The average Bonchev–Trinajstić information content (AvgIpc) is 2.60. The molecule has 6 heteroatoms. The largest absolute Gasteiger partial charge is 0.490 e. The SMILES string of the molecule is CCOc1cc(/C=C(\C#N)C(N)=O)ccc1OCc1ccc(Br)cc1. The minimum Gasteiger partial charge on any atom is -0.490 e. The van der Waals surface area contributed by atoms with Crippen molar-refractivity contribution in [3.8, 4) is 17.6 Å². The van der Waals surface area contributed by atoms with Crippen molar-refractivity contribution in [2.75, 3.05) is 6.61 Å². The molecule has 0 atom stereocenters. The minimum absolute atomic E-state index is 0.119. The molecule has 0 unspecified atom stereocenters. The lowest BCUT2D eigenvalue weighted by Gasteiger charge is -2.13. The molecule has 25 heavy (non-hydrogen) atoms. The van der Waals surface area contributed by atoms with Crippen molar-refractivity contribution in [2.45, 2.75) is 13.5 Å². The highest BCUT2D eigenvalue weighted by molar-refractivity contribution is 9.10. The van der Waals surface area contributed by atoms with Crippen molar-refractivity contribution >= 4 is 27.9 Å². The van der Waals surface area contributed by atoms with Crippen LogP contribution < -0.4 is 15.2 Å². The van der Waals surface area contributed by atoms with Crippen LogP contribution in [0.3, 0.4) is 0 Å². The van der Waals surface area contributed by atoms with Gasteiger partial charge in [0.25, 0.3) is 5.91 Å². The zero-order valence-corrected chi connectivity index (χ0v) is 15.2. The van der Waals surface area contributed by atoms with Gasteiger partial charge in [0.05, 0.1) is 6.61 Å². The number of hydrogen-bond acceptors (Lipinski definition) is 4. The Morgan fingerprint density at radius 3 is 2.52 bits per heavy atom. The fourth-order valence-electron chi connectivity index (χ4n) is 2.07. The summed E-state index contributed by atoms with van der Waals surface area (Å²) in [5.41, 5.74) is 6.69. The number of hydrogen-bond donors (Lipinski definition) is 1. The summed E-state index contributed by atoms with van der Waals surface area (Å²) >= 11 is 3.40. The normalized spacial score (nSPS) is 10.8. The molecule has 0 spiro atoms. The van der Waals surface area contributed by atoms with Gasteiger partial charge in [-0.25, -0.2) is 0 Å². The van der Waals surface area contributed by atoms with E-state index in [0.29, 0.717) is 30.3 Å². The summed E-state index contributed by atoms with van der Waals surface area (Å²) in [4.78, 5) is 11.2. The second-order valence-electron chi connectivity index (χ2n) is 5.09. The van der Waals surface area contributed by atoms with Gasteiger partial charge in [-0.3, -0.25) is 4.79 Å². The summed E-state index contributed by atoms with van der Waals surface area (Å²) in [7, 11) is 0. The van der Waals surface area contributed by atoms with E-state index in [-0.39, 0.29) is 5.57 Å². The molecule has 1 amide bonds. The van der Waals surface area contributed by atoms with Crippen LogP contribution in [0, 0.1) is 11.3 Å². The van der Waals surface area contributed by atoms with Crippen molar-refractivity contribution in [1.82, 2.24) is 0 Å². The van der Waals surface area contributed by atoms with Gasteiger partial charge in [-0.05, 0) is 48.4 Å². The Bertz CT molecular complexity index is 824. The highest BCUT2D eigenvalue weighted by Crippen LogP contribution is 2.30. The lowest BCUT2D eigenvalue weighted by atomic mass is 10.1. The highest BCUT2D eigenvalue weighted by Gasteiger charge is 2.09. The van der Waals surface area contributed by atoms with Gasteiger partial charge in [0, 0.05) is 4.47 Å². The summed E-state index contributed by atoms with van der Waals surface area (Å²) in [5.74, 6) is 0.352. The van der Waals surface area contributed by atoms with Crippen molar-refractivity contribution in [3.63, 3.8) is 0 Å². The van der Waals surface area contributed by atoms with E-state index in [1.54, 1.807) is 24.3 Å². The monoisotopic (exact) mass is 400 g/mol. The van der Waals surface area contributed by atoms with Crippen molar-refractivity contribution in [2.24, 2.45) is 5.73 Å². The van der Waals surface area contributed by atoms with Gasteiger partial charge in [-0.1, -0.05) is 34.1 Å². The first-order valence-corrected chi connectivity index (χ1v) is 8.38. The van der Waals surface area contributed by atoms with Gasteiger partial charge in [0.2, 0.25) is 0 Å². The van der Waals surface area contributed by atoms with Crippen LogP contribution in [0.1, 0.15) is 18.1 Å². The van der Waals surface area contributed by atoms with E-state index in [2.05, 4.69) is 15.9 Å². The van der Waals surface area contributed by atoms with Gasteiger partial charge in [0.15, 0.2) is 11.5 Å². The maximum absolute atomic E-state index is 11.2. The van der Waals surface area contributed by atoms with E-state index < -0.39 is 5.91 Å². The Hall–Kier alpha value is -2.78. The zero-order chi connectivity index (χ0) is 18.2. The van der Waals surface area contributed by atoms with E-state index >= 15 is 0 Å². The van der Waals surface area contributed by atoms with Crippen LogP contribution >= 0.6 is 15.9 Å². The molecule has 0 heterocycles. The number of primary amides is 1. The van der Waals surface area contributed by atoms with Crippen LogP contribution in [-0.2, 0) is 11.4 Å². The van der Waals surface area contributed by atoms with E-state index in [4.69, 9.17) is 20.5 Å². The number of nitrogens with two attached hydrogens (primary N) is 1. The molecule has 0 saturated heterocycles. The quantitative estimate of drug-likeness (QED) is 0.565. The summed E-state index contributed by atoms with van der Waals surface area (Å²) in [6.45, 7) is 2.72. The molecule has 0 aliphatic carbocycles. The summed E-state index contributed by atoms with van der Waals surface area (Å²) < 4.78 is 12.4. The molecule has 2 aromatic carbocycles. The second kappa shape index (κ2) is 8.90. The molecule has 0 radical (unpaired) electrons. The zero-order valence-electron chi connectivity index (χ0n) is 13.7. The topological polar surface area (TPSA) is 85.3 Å². The third kappa shape index (κ3) is 5.37. The predicted octanol–water partition coefficient (Wildman–Crippen LogP) is 3.82. The molecule has 0 saturated carbocycles. The molecule has 5 nitrogen and oxygen atoms in total. The van der Waals surface area contributed by atoms with Crippen LogP contribution in [0.15, 0.2) is 52.5 Å². The number of carbonyl (C=O) groups excluding carboxylic acids is 1. The van der Waals surface area contributed by atoms with E-state index in [0.717, 1.165) is 10.0 Å². The summed E-state index contributed by atoms with van der Waals surface area (Å²) in [6, 6.07) is 14.8. The van der Waals surface area contributed by atoms with Crippen LogP contribution in [-0.4, -0.2) is 12.5 Å². The third-order valence-electron chi connectivity index (χ3n) is 3.27. The Morgan fingerprint density at radius 1 is 1.20 bits per heavy atom. The summed E-state index contributed by atoms with van der Waals surface area (Å²) in [6.07, 6.45) is 1.42. The summed E-state index contributed by atoms with van der Waals surface area (Å²) in [5, 5.41) is 8.94. The van der Waals surface area contributed by atoms with E-state index in [1.807, 2.05) is 31.2 Å². The van der Waals surface area contributed by atoms with E-state index in [9.17, 15) is 4.79 Å². The molecule has 2 N–H and O–H groups in total. The first-order chi connectivity index (χ1) is 12.0. The molecule has 0 fully saturated rings. The molecule has 0 aliphatic heterocycles. The lowest BCUT2D eigenvalue weighted by Crippen LogP contribution is -2.12. The fourth-order valence-corrected chi connectivity index (χ4v) is 2.33. The predicted molar refractivity (Wildman–Crippen MR) is 98.9 cm³/mol. The first kappa shape index (κ1) is 18.6. The molecular weight excluding hydrogens is 384 g/mol. The molecule has 2 rings (SSSR count). The number of nitriles is 1. The lowest BCUT2D eigenvalue weighted by molar-refractivity contribution is -0.114. The van der Waals surface area contributed by atoms with Crippen LogP contribution in [0.4, 0.5) is 0 Å². The van der Waals surface area contributed by atoms with Gasteiger partial charge >= 0.3 is 0 Å². The number of carbonyl (C=O) groups is 1. The fraction of sp³-hybridized carbons (Fsp3) is 0.158. The smallest absolute Gasteiger partial charge is 0.259 e. The molecular formula is C19H17BrN2O3. The molecule has 0 aliphatic rings.